The van der Waals surface area contributed by atoms with Crippen molar-refractivity contribution in [1.82, 2.24) is 9.59 Å². The summed E-state index contributed by atoms with van der Waals surface area (Å²) in [5.74, 6) is 1.25. The molecule has 90 valence electrons. The minimum absolute atomic E-state index is 0.112. The number of carbonyl (C=O) groups is 1. The first-order chi connectivity index (χ1) is 8.72. The summed E-state index contributed by atoms with van der Waals surface area (Å²) in [5, 5.41) is 3.84. The van der Waals surface area contributed by atoms with Crippen LogP contribution in [-0.4, -0.2) is 22.2 Å². The highest BCUT2D eigenvalue weighted by Crippen LogP contribution is 2.24. The van der Waals surface area contributed by atoms with E-state index in [1.54, 1.807) is 0 Å². The molecule has 0 N–H and O–H groups in total. The molecule has 0 aliphatic rings. The fraction of sp³-hybridized carbons (Fsp3) is 0.0833. The molecule has 1 aromatic heterocycles. The molecular formula is C12H7FN2O2S. The fourth-order valence-electron chi connectivity index (χ4n) is 1.29. The highest BCUT2D eigenvalue weighted by molar-refractivity contribution is 7.08. The molecule has 0 unspecified atom stereocenters. The van der Waals surface area contributed by atoms with Crippen molar-refractivity contribution in [2.45, 2.75) is 0 Å². The Morgan fingerprint density at radius 2 is 2.17 bits per heavy atom. The van der Waals surface area contributed by atoms with Gasteiger partial charge in [-0.05, 0) is 35.8 Å². The molecule has 0 saturated heterocycles. The summed E-state index contributed by atoms with van der Waals surface area (Å²) in [6.07, 6.45) is 5.00. The Balaban J connectivity index is 2.30. The minimum Gasteiger partial charge on any atom is -0.448 e. The molecule has 4 nitrogen and oxygen atoms in total. The lowest BCUT2D eigenvalue weighted by atomic mass is 10.1. The third-order valence-electron chi connectivity index (χ3n) is 2.08. The Hall–Kier alpha value is -2.26. The van der Waals surface area contributed by atoms with Crippen molar-refractivity contribution in [3.8, 4) is 23.6 Å². The largest absolute Gasteiger partial charge is 0.448 e. The van der Waals surface area contributed by atoms with Crippen LogP contribution in [0.15, 0.2) is 24.3 Å². The molecule has 0 aliphatic heterocycles. The average Bonchev–Trinajstić information content (AvgIpc) is 2.86. The lowest BCUT2D eigenvalue weighted by molar-refractivity contribution is 0.0563. The predicted molar refractivity (Wildman–Crippen MR) is 64.4 cm³/mol. The quantitative estimate of drug-likeness (QED) is 0.628. The zero-order valence-electron chi connectivity index (χ0n) is 9.09. The second-order valence-electron chi connectivity index (χ2n) is 3.24. The van der Waals surface area contributed by atoms with Gasteiger partial charge in [0.15, 0.2) is 11.5 Å². The highest BCUT2D eigenvalue weighted by atomic mass is 32.1. The van der Waals surface area contributed by atoms with Crippen molar-refractivity contribution in [1.29, 1.82) is 0 Å². The fourth-order valence-corrected chi connectivity index (χ4v) is 1.88. The molecule has 18 heavy (non-hydrogen) atoms. The number of halogens is 1. The van der Waals surface area contributed by atoms with Crippen LogP contribution in [0.2, 0.25) is 0 Å². The number of ether oxygens (including phenoxy) is 1. The summed E-state index contributed by atoms with van der Waals surface area (Å²) in [7, 11) is 0. The number of nitrogens with zero attached hydrogens (tertiary/aromatic N) is 2. The van der Waals surface area contributed by atoms with Crippen molar-refractivity contribution in [2.24, 2.45) is 0 Å². The molecule has 2 aromatic rings. The third kappa shape index (κ3) is 2.52. The van der Waals surface area contributed by atoms with Crippen LogP contribution in [-0.2, 0) is 4.74 Å². The summed E-state index contributed by atoms with van der Waals surface area (Å²) in [4.78, 5) is 11.9. The number of esters is 1. The van der Waals surface area contributed by atoms with Crippen LogP contribution >= 0.6 is 11.5 Å². The Morgan fingerprint density at radius 1 is 1.44 bits per heavy atom. The van der Waals surface area contributed by atoms with E-state index in [0.717, 1.165) is 11.5 Å². The van der Waals surface area contributed by atoms with Crippen LogP contribution in [0, 0.1) is 18.2 Å². The first kappa shape index (κ1) is 12.2. The summed E-state index contributed by atoms with van der Waals surface area (Å²) in [5.41, 5.74) is 0.958. The van der Waals surface area contributed by atoms with Crippen LogP contribution in [0.3, 0.4) is 0 Å². The highest BCUT2D eigenvalue weighted by Gasteiger charge is 2.18. The van der Waals surface area contributed by atoms with E-state index in [0.29, 0.717) is 11.3 Å². The van der Waals surface area contributed by atoms with Crippen molar-refractivity contribution in [3.05, 3.63) is 35.0 Å². The molecule has 2 rings (SSSR count). The van der Waals surface area contributed by atoms with E-state index in [2.05, 4.69) is 15.5 Å². The van der Waals surface area contributed by atoms with Crippen molar-refractivity contribution < 1.29 is 13.9 Å². The van der Waals surface area contributed by atoms with Crippen LogP contribution in [0.25, 0.3) is 11.3 Å². The van der Waals surface area contributed by atoms with Gasteiger partial charge < -0.3 is 4.74 Å². The lowest BCUT2D eigenvalue weighted by Gasteiger charge is -2.00. The van der Waals surface area contributed by atoms with Gasteiger partial charge in [0.05, 0.1) is 0 Å². The number of rotatable bonds is 3. The van der Waals surface area contributed by atoms with Gasteiger partial charge >= 0.3 is 5.97 Å². The van der Waals surface area contributed by atoms with E-state index < -0.39 is 5.97 Å². The monoisotopic (exact) mass is 262 g/mol. The van der Waals surface area contributed by atoms with Crippen LogP contribution in [0.4, 0.5) is 4.39 Å². The number of benzene rings is 1. The maximum absolute atomic E-state index is 12.8. The molecule has 0 atom stereocenters. The molecule has 0 amide bonds. The maximum atomic E-state index is 12.8. The lowest BCUT2D eigenvalue weighted by Crippen LogP contribution is -2.04. The number of hydrogen-bond acceptors (Lipinski definition) is 5. The molecule has 0 spiro atoms. The molecule has 1 aromatic carbocycles. The van der Waals surface area contributed by atoms with Gasteiger partial charge in [0, 0.05) is 5.56 Å². The second kappa shape index (κ2) is 5.38. The van der Waals surface area contributed by atoms with Gasteiger partial charge in [0.1, 0.15) is 11.5 Å². The number of aromatic nitrogens is 2. The third-order valence-corrected chi connectivity index (χ3v) is 2.78. The second-order valence-corrected chi connectivity index (χ2v) is 3.99. The van der Waals surface area contributed by atoms with Crippen LogP contribution in [0.5, 0.6) is 0 Å². The molecule has 6 heteroatoms. The summed E-state index contributed by atoms with van der Waals surface area (Å²) in [6.45, 7) is -0.112. The zero-order chi connectivity index (χ0) is 13.0. The zero-order valence-corrected chi connectivity index (χ0v) is 9.91. The Kier molecular flexibility index (Phi) is 3.65. The maximum Gasteiger partial charge on any atom is 0.353 e. The molecule has 0 fully saturated rings. The first-order valence-corrected chi connectivity index (χ1v) is 5.68. The molecule has 0 saturated carbocycles. The Morgan fingerprint density at radius 3 is 2.83 bits per heavy atom. The molecular weight excluding hydrogens is 255 g/mol. The Bertz CT molecular complexity index is 601. The first-order valence-electron chi connectivity index (χ1n) is 4.91. The Labute approximate surface area is 107 Å². The van der Waals surface area contributed by atoms with E-state index in [4.69, 9.17) is 11.2 Å². The van der Waals surface area contributed by atoms with Gasteiger partial charge in [0.25, 0.3) is 0 Å². The van der Waals surface area contributed by atoms with E-state index in [9.17, 15) is 9.18 Å². The standard InChI is InChI=1S/C12H7FN2O2S/c1-2-7-17-12(16)11-10(14-15-18-11)8-3-5-9(13)6-4-8/h1,3-6H,7H2. The van der Waals surface area contributed by atoms with E-state index >= 15 is 0 Å². The molecule has 0 radical (unpaired) electrons. The van der Waals surface area contributed by atoms with Crippen LogP contribution in [0.1, 0.15) is 9.67 Å². The van der Waals surface area contributed by atoms with Crippen molar-refractivity contribution in [3.63, 3.8) is 0 Å². The summed E-state index contributed by atoms with van der Waals surface area (Å²) >= 11 is 0.909. The SMILES string of the molecule is C#CCOC(=O)c1snnc1-c1ccc(F)cc1. The average molecular weight is 262 g/mol. The van der Waals surface area contributed by atoms with Gasteiger partial charge in [-0.1, -0.05) is 10.4 Å². The molecule has 0 bridgehead atoms. The molecule has 0 aliphatic carbocycles. The van der Waals surface area contributed by atoms with Crippen LogP contribution < -0.4 is 0 Å². The minimum atomic E-state index is -0.581. The van der Waals surface area contributed by atoms with Gasteiger partial charge in [-0.2, -0.15) is 0 Å². The van der Waals surface area contributed by atoms with Gasteiger partial charge in [-0.25, -0.2) is 9.18 Å². The number of carbonyl (C=O) groups excluding carboxylic acids is 1. The van der Waals surface area contributed by atoms with Gasteiger partial charge in [-0.3, -0.25) is 0 Å². The summed E-state index contributed by atoms with van der Waals surface area (Å²) in [6, 6.07) is 5.60. The smallest absolute Gasteiger partial charge is 0.353 e. The van der Waals surface area contributed by atoms with Crippen molar-refractivity contribution >= 4 is 17.5 Å². The normalized spacial score (nSPS) is 9.78. The summed E-state index contributed by atoms with van der Waals surface area (Å²) < 4.78 is 21.3. The van der Waals surface area contributed by atoms with E-state index in [-0.39, 0.29) is 17.3 Å². The number of hydrogen-bond donors (Lipinski definition) is 0. The van der Waals surface area contributed by atoms with Gasteiger partial charge in [0.2, 0.25) is 0 Å². The van der Waals surface area contributed by atoms with Gasteiger partial charge in [-0.15, -0.1) is 11.5 Å². The predicted octanol–water partition coefficient (Wildman–Crippen LogP) is 2.13. The van der Waals surface area contributed by atoms with E-state index in [1.165, 1.54) is 24.3 Å². The number of terminal acetylenes is 1. The van der Waals surface area contributed by atoms with Crippen molar-refractivity contribution in [2.75, 3.05) is 6.61 Å². The van der Waals surface area contributed by atoms with E-state index in [1.807, 2.05) is 0 Å². The molecule has 1 heterocycles. The topological polar surface area (TPSA) is 52.1 Å².